The van der Waals surface area contributed by atoms with Gasteiger partial charge in [0.15, 0.2) is 0 Å². The van der Waals surface area contributed by atoms with E-state index in [0.29, 0.717) is 40.3 Å². The molecule has 0 fully saturated rings. The van der Waals surface area contributed by atoms with Gasteiger partial charge >= 0.3 is 5.97 Å². The summed E-state index contributed by atoms with van der Waals surface area (Å²) in [5, 5.41) is 15.0. The minimum atomic E-state index is -1.06. The monoisotopic (exact) mass is 424 g/mol. The van der Waals surface area contributed by atoms with Crippen molar-refractivity contribution in [1.29, 1.82) is 0 Å². The number of nitrogens with one attached hydrogen (secondary N) is 3. The summed E-state index contributed by atoms with van der Waals surface area (Å²) < 4.78 is 0. The van der Waals surface area contributed by atoms with Gasteiger partial charge in [-0.2, -0.15) is 0 Å². The minimum Gasteiger partial charge on any atom is -0.478 e. The number of fused-ring (bicyclic) bond motifs is 1. The van der Waals surface area contributed by atoms with Crippen LogP contribution in [0.2, 0.25) is 0 Å². The van der Waals surface area contributed by atoms with Crippen molar-refractivity contribution in [3.8, 4) is 0 Å². The Balaban J connectivity index is 1.87. The van der Waals surface area contributed by atoms with Crippen LogP contribution < -0.4 is 10.6 Å². The van der Waals surface area contributed by atoms with Crippen LogP contribution in [0.25, 0.3) is 11.6 Å². The summed E-state index contributed by atoms with van der Waals surface area (Å²) in [5.74, 6) is -1.53. The zero-order valence-corrected chi connectivity index (χ0v) is 18.3. The van der Waals surface area contributed by atoms with Crippen LogP contribution in [0.3, 0.4) is 0 Å². The molecule has 3 rings (SSSR count). The summed E-state index contributed by atoms with van der Waals surface area (Å²) in [6.07, 6.45) is 1.67. The molecule has 2 amide bonds. The standard InChI is InChI=1S/C23H28N4O4/c1-5-27(6-2)10-9-24-22(29)20-13(3)19(25-14(20)4)12-17-16-11-15(23(30)31)7-8-18(16)26-21(17)28/h7-8,11-12,25H,5-6,9-10H2,1-4H3,(H,24,29)(H,26,28)(H,30,31). The molecule has 8 heteroatoms. The fourth-order valence-corrected chi connectivity index (χ4v) is 3.82. The molecule has 8 nitrogen and oxygen atoms in total. The molecule has 0 unspecified atom stereocenters. The largest absolute Gasteiger partial charge is 0.478 e. The molecule has 0 atom stereocenters. The van der Waals surface area contributed by atoms with Crippen molar-refractivity contribution < 1.29 is 19.5 Å². The van der Waals surface area contributed by atoms with Gasteiger partial charge < -0.3 is 25.6 Å². The number of likely N-dealkylation sites (N-methyl/N-ethyl adjacent to an activating group) is 1. The van der Waals surface area contributed by atoms with Crippen LogP contribution in [0, 0.1) is 13.8 Å². The van der Waals surface area contributed by atoms with Crippen molar-refractivity contribution in [3.63, 3.8) is 0 Å². The highest BCUT2D eigenvalue weighted by atomic mass is 16.4. The second-order valence-electron chi connectivity index (χ2n) is 7.52. The zero-order valence-electron chi connectivity index (χ0n) is 18.3. The number of carboxylic acid groups (broad SMARTS) is 1. The van der Waals surface area contributed by atoms with Gasteiger partial charge in [0.25, 0.3) is 11.8 Å². The van der Waals surface area contributed by atoms with Crippen molar-refractivity contribution in [2.75, 3.05) is 31.5 Å². The van der Waals surface area contributed by atoms with Gasteiger partial charge in [-0.1, -0.05) is 13.8 Å². The van der Waals surface area contributed by atoms with Gasteiger partial charge in [0.2, 0.25) is 0 Å². The molecule has 1 aliphatic rings. The Labute approximate surface area is 181 Å². The molecule has 0 radical (unpaired) electrons. The van der Waals surface area contributed by atoms with E-state index in [1.54, 1.807) is 12.1 Å². The quantitative estimate of drug-likeness (QED) is 0.487. The maximum atomic E-state index is 12.8. The molecule has 0 spiro atoms. The molecular weight excluding hydrogens is 396 g/mol. The average Bonchev–Trinajstić information content (AvgIpc) is 3.20. The summed E-state index contributed by atoms with van der Waals surface area (Å²) in [5.41, 5.74) is 4.21. The molecule has 1 aromatic heterocycles. The first-order valence-corrected chi connectivity index (χ1v) is 10.4. The number of aromatic nitrogens is 1. The topological polar surface area (TPSA) is 115 Å². The van der Waals surface area contributed by atoms with Crippen molar-refractivity contribution in [2.45, 2.75) is 27.7 Å². The van der Waals surface area contributed by atoms with Gasteiger partial charge in [0.05, 0.1) is 16.7 Å². The van der Waals surface area contributed by atoms with E-state index in [0.717, 1.165) is 25.2 Å². The van der Waals surface area contributed by atoms with Crippen LogP contribution in [0.1, 0.15) is 57.1 Å². The highest BCUT2D eigenvalue weighted by molar-refractivity contribution is 6.35. The summed E-state index contributed by atoms with van der Waals surface area (Å²) in [7, 11) is 0. The van der Waals surface area contributed by atoms with Crippen molar-refractivity contribution in [2.24, 2.45) is 0 Å². The van der Waals surface area contributed by atoms with Gasteiger partial charge in [-0.3, -0.25) is 9.59 Å². The Kier molecular flexibility index (Phi) is 6.60. The Morgan fingerprint density at radius 3 is 2.55 bits per heavy atom. The van der Waals surface area contributed by atoms with Crippen LogP contribution in [-0.4, -0.2) is 59.0 Å². The van der Waals surface area contributed by atoms with E-state index in [1.807, 2.05) is 13.8 Å². The number of aromatic carboxylic acids is 1. The predicted molar refractivity (Wildman–Crippen MR) is 120 cm³/mol. The fraction of sp³-hybridized carbons (Fsp3) is 0.348. The molecule has 0 saturated heterocycles. The molecular formula is C23H28N4O4. The second-order valence-corrected chi connectivity index (χ2v) is 7.52. The number of aryl methyl sites for hydroxylation is 1. The molecule has 1 aliphatic heterocycles. The van der Waals surface area contributed by atoms with Gasteiger partial charge in [-0.05, 0) is 56.8 Å². The maximum Gasteiger partial charge on any atom is 0.335 e. The number of carboxylic acids is 1. The minimum absolute atomic E-state index is 0.105. The van der Waals surface area contributed by atoms with Gasteiger partial charge in [0, 0.05) is 35.7 Å². The summed E-state index contributed by atoms with van der Waals surface area (Å²) in [6.45, 7) is 11.0. The Morgan fingerprint density at radius 2 is 1.90 bits per heavy atom. The molecule has 0 bridgehead atoms. The number of amides is 2. The summed E-state index contributed by atoms with van der Waals surface area (Å²) in [6, 6.07) is 4.52. The number of nitrogens with zero attached hydrogens (tertiary/aromatic N) is 1. The number of aromatic amines is 1. The lowest BCUT2D eigenvalue weighted by Gasteiger charge is -2.18. The molecule has 0 aliphatic carbocycles. The zero-order chi connectivity index (χ0) is 22.7. The van der Waals surface area contributed by atoms with Crippen LogP contribution >= 0.6 is 0 Å². The Hall–Kier alpha value is -3.39. The second kappa shape index (κ2) is 9.18. The third-order valence-corrected chi connectivity index (χ3v) is 5.65. The number of anilines is 1. The first-order chi connectivity index (χ1) is 14.8. The average molecular weight is 425 g/mol. The fourth-order valence-electron chi connectivity index (χ4n) is 3.82. The first-order valence-electron chi connectivity index (χ1n) is 10.4. The molecule has 0 saturated carbocycles. The van der Waals surface area contributed by atoms with E-state index in [1.165, 1.54) is 12.1 Å². The summed E-state index contributed by atoms with van der Waals surface area (Å²) >= 11 is 0. The highest BCUT2D eigenvalue weighted by Gasteiger charge is 2.26. The Morgan fingerprint density at radius 1 is 1.19 bits per heavy atom. The van der Waals surface area contributed by atoms with Crippen molar-refractivity contribution in [1.82, 2.24) is 15.2 Å². The van der Waals surface area contributed by atoms with Crippen LogP contribution in [0.15, 0.2) is 18.2 Å². The number of H-pyrrole nitrogens is 1. The molecule has 2 aromatic rings. The lowest BCUT2D eigenvalue weighted by Crippen LogP contribution is -2.35. The SMILES string of the molecule is CCN(CC)CCNC(=O)c1c(C)[nH]c(C=C2C(=O)Nc3ccc(C(=O)O)cc32)c1C. The molecule has 2 heterocycles. The van der Waals surface area contributed by atoms with E-state index >= 15 is 0 Å². The Bertz CT molecular complexity index is 1060. The highest BCUT2D eigenvalue weighted by Crippen LogP contribution is 2.34. The van der Waals surface area contributed by atoms with E-state index in [-0.39, 0.29) is 17.4 Å². The normalized spacial score (nSPS) is 14.1. The predicted octanol–water partition coefficient (Wildman–Crippen LogP) is 2.89. The van der Waals surface area contributed by atoms with E-state index in [2.05, 4.69) is 34.4 Å². The number of hydrogen-bond donors (Lipinski definition) is 4. The van der Waals surface area contributed by atoms with Gasteiger partial charge in [0.1, 0.15) is 0 Å². The number of carbonyl (C=O) groups excluding carboxylic acids is 2. The van der Waals surface area contributed by atoms with Crippen LogP contribution in [-0.2, 0) is 4.79 Å². The van der Waals surface area contributed by atoms with Crippen LogP contribution in [0.4, 0.5) is 5.69 Å². The molecule has 1 aromatic carbocycles. The number of benzene rings is 1. The van der Waals surface area contributed by atoms with E-state index in [4.69, 9.17) is 0 Å². The third kappa shape index (κ3) is 4.54. The lowest BCUT2D eigenvalue weighted by molar-refractivity contribution is -0.110. The van der Waals surface area contributed by atoms with E-state index in [9.17, 15) is 19.5 Å². The summed E-state index contributed by atoms with van der Waals surface area (Å²) in [4.78, 5) is 42.0. The van der Waals surface area contributed by atoms with Crippen molar-refractivity contribution in [3.05, 3.63) is 51.8 Å². The lowest BCUT2D eigenvalue weighted by atomic mass is 10.0. The smallest absolute Gasteiger partial charge is 0.335 e. The molecule has 164 valence electrons. The third-order valence-electron chi connectivity index (χ3n) is 5.65. The van der Waals surface area contributed by atoms with E-state index < -0.39 is 5.97 Å². The molecule has 31 heavy (non-hydrogen) atoms. The van der Waals surface area contributed by atoms with Gasteiger partial charge in [-0.15, -0.1) is 0 Å². The number of hydrogen-bond acceptors (Lipinski definition) is 4. The maximum absolute atomic E-state index is 12.8. The van der Waals surface area contributed by atoms with Crippen LogP contribution in [0.5, 0.6) is 0 Å². The number of carbonyl (C=O) groups is 3. The first kappa shape index (κ1) is 22.3. The van der Waals surface area contributed by atoms with Gasteiger partial charge in [-0.25, -0.2) is 4.79 Å². The van der Waals surface area contributed by atoms with Crippen molar-refractivity contribution >= 4 is 35.1 Å². The molecule has 4 N–H and O–H groups in total. The number of rotatable bonds is 8.